The minimum Gasteiger partial charge on any atom is -0.507 e. The second-order valence-corrected chi connectivity index (χ2v) is 6.51. The lowest BCUT2D eigenvalue weighted by molar-refractivity contribution is 0.102. The predicted octanol–water partition coefficient (Wildman–Crippen LogP) is 4.73. The summed E-state index contributed by atoms with van der Waals surface area (Å²) in [6.45, 7) is 1.48. The van der Waals surface area contributed by atoms with Crippen LogP contribution < -0.4 is 0 Å². The summed E-state index contributed by atoms with van der Waals surface area (Å²) in [5.41, 5.74) is 1.78. The first kappa shape index (κ1) is 13.9. The molecule has 0 radical (unpaired) electrons. The third-order valence-electron chi connectivity index (χ3n) is 4.06. The second-order valence-electron chi connectivity index (χ2n) is 5.46. The molecule has 1 aliphatic rings. The van der Waals surface area contributed by atoms with Crippen LogP contribution in [0.15, 0.2) is 48.5 Å². The maximum absolute atomic E-state index is 12.8. The van der Waals surface area contributed by atoms with Gasteiger partial charge in [-0.05, 0) is 13.0 Å². The van der Waals surface area contributed by atoms with Gasteiger partial charge in [-0.1, -0.05) is 42.5 Å². The highest BCUT2D eigenvalue weighted by Crippen LogP contribution is 2.43. The van der Waals surface area contributed by atoms with E-state index in [0.717, 1.165) is 10.1 Å². The van der Waals surface area contributed by atoms with E-state index >= 15 is 0 Å². The number of carbonyl (C=O) groups excluding carboxylic acids is 2. The van der Waals surface area contributed by atoms with Crippen molar-refractivity contribution < 1.29 is 14.7 Å². The minimum absolute atomic E-state index is 0.0448. The summed E-state index contributed by atoms with van der Waals surface area (Å²) in [4.78, 5) is 25.4. The molecule has 4 rings (SSSR count). The Morgan fingerprint density at radius 2 is 1.65 bits per heavy atom. The van der Waals surface area contributed by atoms with E-state index in [4.69, 9.17) is 0 Å². The van der Waals surface area contributed by atoms with Crippen molar-refractivity contribution in [1.29, 1.82) is 0 Å². The smallest absolute Gasteiger partial charge is 0.198 e. The zero-order valence-corrected chi connectivity index (χ0v) is 13.1. The van der Waals surface area contributed by atoms with Crippen LogP contribution in [0.1, 0.15) is 38.1 Å². The highest BCUT2D eigenvalue weighted by atomic mass is 32.1. The molecule has 0 saturated heterocycles. The first-order valence-electron chi connectivity index (χ1n) is 7.19. The summed E-state index contributed by atoms with van der Waals surface area (Å²) in [6.07, 6.45) is 0. The van der Waals surface area contributed by atoms with E-state index in [-0.39, 0.29) is 22.9 Å². The largest absolute Gasteiger partial charge is 0.507 e. The maximum atomic E-state index is 12.8. The number of thiophene rings is 1. The van der Waals surface area contributed by atoms with E-state index in [1.165, 1.54) is 18.3 Å². The van der Waals surface area contributed by atoms with Crippen LogP contribution >= 0.6 is 11.3 Å². The summed E-state index contributed by atoms with van der Waals surface area (Å²) in [5, 5.41) is 11.4. The molecule has 0 amide bonds. The van der Waals surface area contributed by atoms with Crippen molar-refractivity contribution in [1.82, 2.24) is 0 Å². The molecule has 3 nitrogen and oxygen atoms in total. The van der Waals surface area contributed by atoms with Gasteiger partial charge in [0.25, 0.3) is 0 Å². The van der Waals surface area contributed by atoms with Crippen LogP contribution in [0.5, 0.6) is 0 Å². The number of hydrogen-bond acceptors (Lipinski definition) is 4. The van der Waals surface area contributed by atoms with Crippen LogP contribution in [0.2, 0.25) is 0 Å². The van der Waals surface area contributed by atoms with Crippen molar-refractivity contribution in [3.8, 4) is 0 Å². The zero-order valence-electron chi connectivity index (χ0n) is 12.3. The van der Waals surface area contributed by atoms with Crippen LogP contribution in [-0.4, -0.2) is 16.7 Å². The SMILES string of the molecule is CC(=O)c1sc2ccccc2c1C1=C(O)c2ccccc2C1=O. The Hall–Kier alpha value is -2.72. The van der Waals surface area contributed by atoms with Gasteiger partial charge in [-0.3, -0.25) is 9.59 Å². The molecule has 1 N–H and O–H groups in total. The molecule has 0 saturated carbocycles. The summed E-state index contributed by atoms with van der Waals surface area (Å²) in [5.74, 6) is -0.383. The fourth-order valence-corrected chi connectivity index (χ4v) is 4.14. The third kappa shape index (κ3) is 1.88. The maximum Gasteiger partial charge on any atom is 0.198 e. The number of hydrogen-bond donors (Lipinski definition) is 1. The van der Waals surface area contributed by atoms with Gasteiger partial charge in [0.15, 0.2) is 11.6 Å². The third-order valence-corrected chi connectivity index (χ3v) is 5.33. The summed E-state index contributed by atoms with van der Waals surface area (Å²) in [7, 11) is 0. The highest BCUT2D eigenvalue weighted by molar-refractivity contribution is 7.21. The Kier molecular flexibility index (Phi) is 2.96. The molecule has 1 heterocycles. The van der Waals surface area contributed by atoms with E-state index in [1.54, 1.807) is 24.3 Å². The minimum atomic E-state index is -0.232. The average Bonchev–Trinajstić information content (AvgIpc) is 3.05. The van der Waals surface area contributed by atoms with Crippen molar-refractivity contribution >= 4 is 44.3 Å². The van der Waals surface area contributed by atoms with Gasteiger partial charge in [0.1, 0.15) is 5.76 Å². The Balaban J connectivity index is 2.08. The number of Topliss-reactive ketones (excluding diaryl/α,β-unsaturated/α-hetero) is 2. The molecule has 2 aromatic carbocycles. The van der Waals surface area contributed by atoms with Crippen molar-refractivity contribution in [3.05, 3.63) is 70.1 Å². The van der Waals surface area contributed by atoms with Gasteiger partial charge >= 0.3 is 0 Å². The zero-order chi connectivity index (χ0) is 16.1. The molecular formula is C19H12O3S. The van der Waals surface area contributed by atoms with Crippen molar-refractivity contribution in [2.75, 3.05) is 0 Å². The van der Waals surface area contributed by atoms with E-state index in [2.05, 4.69) is 0 Å². The number of fused-ring (bicyclic) bond motifs is 2. The number of carbonyl (C=O) groups is 2. The standard InChI is InChI=1S/C19H12O3S/c1-10(20)19-15(13-8-4-5-9-14(13)23-19)16-17(21)11-6-2-3-7-12(11)18(16)22/h2-9,21H,1H3. The van der Waals surface area contributed by atoms with Gasteiger partial charge in [0.05, 0.1) is 10.5 Å². The molecule has 0 spiro atoms. The molecule has 0 aliphatic heterocycles. The fourth-order valence-electron chi connectivity index (χ4n) is 3.04. The number of ketones is 2. The molecule has 0 unspecified atom stereocenters. The summed E-state index contributed by atoms with van der Waals surface area (Å²) in [6, 6.07) is 14.5. The number of aliphatic hydroxyl groups excluding tert-OH is 1. The van der Waals surface area contributed by atoms with Crippen LogP contribution in [0.4, 0.5) is 0 Å². The number of benzene rings is 2. The second kappa shape index (κ2) is 4.89. The fraction of sp³-hybridized carbons (Fsp3) is 0.0526. The van der Waals surface area contributed by atoms with Gasteiger partial charge in [0.2, 0.25) is 0 Å². The molecule has 3 aromatic rings. The van der Waals surface area contributed by atoms with Gasteiger partial charge in [-0.25, -0.2) is 0 Å². The van der Waals surface area contributed by atoms with Crippen LogP contribution in [-0.2, 0) is 0 Å². The molecule has 4 heteroatoms. The summed E-state index contributed by atoms with van der Waals surface area (Å²) >= 11 is 1.35. The first-order chi connectivity index (χ1) is 11.1. The van der Waals surface area contributed by atoms with Crippen LogP contribution in [0.3, 0.4) is 0 Å². The van der Waals surface area contributed by atoms with Crippen LogP contribution in [0, 0.1) is 0 Å². The topological polar surface area (TPSA) is 54.4 Å². The first-order valence-corrected chi connectivity index (χ1v) is 8.01. The number of rotatable bonds is 2. The van der Waals surface area contributed by atoms with Crippen molar-refractivity contribution in [2.24, 2.45) is 0 Å². The quantitative estimate of drug-likeness (QED) is 0.695. The molecule has 1 aromatic heterocycles. The lowest BCUT2D eigenvalue weighted by Crippen LogP contribution is -2.02. The monoisotopic (exact) mass is 320 g/mol. The highest BCUT2D eigenvalue weighted by Gasteiger charge is 2.34. The van der Waals surface area contributed by atoms with E-state index < -0.39 is 0 Å². The van der Waals surface area contributed by atoms with Gasteiger partial charge in [-0.2, -0.15) is 0 Å². The molecule has 23 heavy (non-hydrogen) atoms. The van der Waals surface area contributed by atoms with E-state index in [1.807, 2.05) is 24.3 Å². The predicted molar refractivity (Wildman–Crippen MR) is 92.0 cm³/mol. The van der Waals surface area contributed by atoms with Gasteiger partial charge in [-0.15, -0.1) is 11.3 Å². The van der Waals surface area contributed by atoms with Crippen LogP contribution in [0.25, 0.3) is 21.4 Å². The van der Waals surface area contributed by atoms with Crippen molar-refractivity contribution in [3.63, 3.8) is 0 Å². The molecule has 0 fully saturated rings. The molecular weight excluding hydrogens is 308 g/mol. The average molecular weight is 320 g/mol. The van der Waals surface area contributed by atoms with Gasteiger partial charge < -0.3 is 5.11 Å². The number of aliphatic hydroxyl groups is 1. The van der Waals surface area contributed by atoms with Crippen molar-refractivity contribution in [2.45, 2.75) is 6.92 Å². The molecule has 0 bridgehead atoms. The lowest BCUT2D eigenvalue weighted by Gasteiger charge is -2.04. The number of allylic oxidation sites excluding steroid dienone is 1. The summed E-state index contributed by atoms with van der Waals surface area (Å²) < 4.78 is 0.928. The van der Waals surface area contributed by atoms with E-state index in [9.17, 15) is 14.7 Å². The van der Waals surface area contributed by atoms with Gasteiger partial charge in [0, 0.05) is 26.8 Å². The Morgan fingerprint density at radius 3 is 2.35 bits per heavy atom. The van der Waals surface area contributed by atoms with E-state index in [0.29, 0.717) is 21.6 Å². The normalized spacial score (nSPS) is 13.7. The lowest BCUT2D eigenvalue weighted by atomic mass is 9.98. The molecule has 112 valence electrons. The Bertz CT molecular complexity index is 1020. The molecule has 1 aliphatic carbocycles. The molecule has 0 atom stereocenters. The Morgan fingerprint density at radius 1 is 1.00 bits per heavy atom. The Labute approximate surface area is 136 Å².